The smallest absolute Gasteiger partial charge is 0.123 e. The van der Waals surface area contributed by atoms with Gasteiger partial charge in [-0.2, -0.15) is 0 Å². The number of rotatable bonds is 6. The fourth-order valence-corrected chi connectivity index (χ4v) is 11.8. The van der Waals surface area contributed by atoms with E-state index in [1.165, 1.54) is 88.1 Å². The zero-order valence-electron chi connectivity index (χ0n) is 28.5. The molecule has 5 aromatic rings. The molecule has 0 amide bonds. The van der Waals surface area contributed by atoms with Crippen molar-refractivity contribution in [1.29, 1.82) is 0 Å². The molecule has 3 saturated heterocycles. The number of hydrogen-bond acceptors (Lipinski definition) is 6. The molecule has 250 valence electrons. The maximum absolute atomic E-state index is 6.70. The Hall–Kier alpha value is -3.56. The van der Waals surface area contributed by atoms with E-state index in [-0.39, 0.29) is 12.2 Å². The predicted molar refractivity (Wildman–Crippen MR) is 195 cm³/mol. The Balaban J connectivity index is 0.981. The van der Waals surface area contributed by atoms with Crippen molar-refractivity contribution in [3.63, 3.8) is 0 Å². The minimum atomic E-state index is 0.182. The molecule has 2 aromatic carbocycles. The number of likely N-dealkylation sites (tertiary alicyclic amines) is 2. The molecule has 49 heavy (non-hydrogen) atoms. The lowest BCUT2D eigenvalue weighted by molar-refractivity contribution is 0.0720. The largest absolute Gasteiger partial charge is 0.366 e. The Labute approximate surface area is 292 Å². The molecule has 0 spiro atoms. The third kappa shape index (κ3) is 4.36. The van der Waals surface area contributed by atoms with Gasteiger partial charge in [0.2, 0.25) is 0 Å². The Morgan fingerprint density at radius 2 is 1.16 bits per heavy atom. The summed E-state index contributed by atoms with van der Waals surface area (Å²) in [5.41, 5.74) is 14.0. The van der Waals surface area contributed by atoms with Crippen molar-refractivity contribution in [2.75, 3.05) is 27.2 Å². The fraction of sp³-hybridized carbons (Fsp3) is 0.463. The molecule has 1 saturated carbocycles. The van der Waals surface area contributed by atoms with E-state index in [2.05, 4.69) is 76.5 Å². The van der Waals surface area contributed by atoms with Crippen LogP contribution in [0.4, 0.5) is 0 Å². The highest BCUT2D eigenvalue weighted by Gasteiger charge is 2.45. The predicted octanol–water partition coefficient (Wildman–Crippen LogP) is 9.67. The van der Waals surface area contributed by atoms with E-state index in [9.17, 15) is 0 Å². The normalized spacial score (nSPS) is 28.7. The molecule has 3 aromatic heterocycles. The quantitative estimate of drug-likeness (QED) is 0.189. The van der Waals surface area contributed by atoms with E-state index >= 15 is 0 Å². The Morgan fingerprint density at radius 3 is 1.84 bits per heavy atom. The molecular formula is C41H44N6OS. The zero-order valence-corrected chi connectivity index (χ0v) is 29.3. The van der Waals surface area contributed by atoms with Gasteiger partial charge in [0.25, 0.3) is 0 Å². The average Bonchev–Trinajstić information content (AvgIpc) is 3.97. The van der Waals surface area contributed by atoms with Crippen LogP contribution in [0.5, 0.6) is 0 Å². The third-order valence-electron chi connectivity index (χ3n) is 13.1. The Kier molecular flexibility index (Phi) is 6.54. The summed E-state index contributed by atoms with van der Waals surface area (Å²) in [4.78, 5) is 24.7. The van der Waals surface area contributed by atoms with Gasteiger partial charge in [0.05, 0.1) is 53.0 Å². The van der Waals surface area contributed by atoms with Gasteiger partial charge in [0, 0.05) is 10.4 Å². The van der Waals surface area contributed by atoms with Gasteiger partial charge in [-0.1, -0.05) is 24.3 Å². The molecule has 6 aliphatic rings. The summed E-state index contributed by atoms with van der Waals surface area (Å²) in [7, 11) is 4.43. The zero-order chi connectivity index (χ0) is 32.4. The van der Waals surface area contributed by atoms with Crippen molar-refractivity contribution in [2.45, 2.75) is 93.9 Å². The van der Waals surface area contributed by atoms with Crippen LogP contribution in [0.25, 0.3) is 43.4 Å². The minimum absolute atomic E-state index is 0.182. The van der Waals surface area contributed by atoms with Crippen LogP contribution in [0.15, 0.2) is 48.8 Å². The highest BCUT2D eigenvalue weighted by Crippen LogP contribution is 2.61. The number of H-pyrrole nitrogens is 2. The van der Waals surface area contributed by atoms with E-state index < -0.39 is 0 Å². The molecule has 8 heteroatoms. The Bertz CT molecular complexity index is 2110. The van der Waals surface area contributed by atoms with Crippen LogP contribution in [0.2, 0.25) is 0 Å². The molecule has 4 bridgehead atoms. The number of aromatic nitrogens is 4. The minimum Gasteiger partial charge on any atom is -0.366 e. The van der Waals surface area contributed by atoms with Crippen LogP contribution in [0.1, 0.15) is 128 Å². The number of nitrogens with one attached hydrogen (secondary N) is 2. The summed E-state index contributed by atoms with van der Waals surface area (Å²) < 4.78 is 6.70. The maximum atomic E-state index is 6.70. The summed E-state index contributed by atoms with van der Waals surface area (Å²) in [5, 5.41) is 0. The first-order valence-corrected chi connectivity index (χ1v) is 19.5. The summed E-state index contributed by atoms with van der Waals surface area (Å²) >= 11 is 1.91. The average molecular weight is 669 g/mol. The van der Waals surface area contributed by atoms with Crippen molar-refractivity contribution in [3.05, 3.63) is 82.7 Å². The van der Waals surface area contributed by atoms with Crippen molar-refractivity contribution in [3.8, 4) is 43.4 Å². The van der Waals surface area contributed by atoms with Crippen molar-refractivity contribution in [1.82, 2.24) is 29.7 Å². The topological polar surface area (TPSA) is 73.1 Å². The molecule has 11 rings (SSSR count). The molecule has 2 N–H and O–H groups in total. The Morgan fingerprint density at radius 1 is 0.612 bits per heavy atom. The first-order chi connectivity index (χ1) is 24.1. The number of imidazole rings is 2. The lowest BCUT2D eigenvalue weighted by Crippen LogP contribution is -2.18. The van der Waals surface area contributed by atoms with Crippen LogP contribution in [-0.2, 0) is 4.74 Å². The molecule has 4 aliphatic heterocycles. The second-order valence-corrected chi connectivity index (χ2v) is 16.8. The van der Waals surface area contributed by atoms with Gasteiger partial charge in [0.1, 0.15) is 11.6 Å². The van der Waals surface area contributed by atoms with Gasteiger partial charge in [-0.05, 0) is 148 Å². The number of fused-ring (bicyclic) bond motifs is 10. The molecule has 5 unspecified atom stereocenters. The van der Waals surface area contributed by atoms with Crippen LogP contribution in [0.3, 0.4) is 0 Å². The van der Waals surface area contributed by atoms with Gasteiger partial charge in [0.15, 0.2) is 0 Å². The van der Waals surface area contributed by atoms with Gasteiger partial charge >= 0.3 is 0 Å². The monoisotopic (exact) mass is 668 g/mol. The van der Waals surface area contributed by atoms with E-state index in [0.717, 1.165) is 49.0 Å². The summed E-state index contributed by atoms with van der Waals surface area (Å²) in [6.45, 7) is 2.29. The number of thiophene rings is 1. The first kappa shape index (κ1) is 29.2. The molecule has 6 atom stereocenters. The molecule has 7 heterocycles. The molecule has 7 nitrogen and oxygen atoms in total. The lowest BCUT2D eigenvalue weighted by Gasteiger charge is -2.25. The van der Waals surface area contributed by atoms with Gasteiger partial charge in [-0.25, -0.2) is 9.97 Å². The van der Waals surface area contributed by atoms with E-state index in [1.807, 2.05) is 17.5 Å². The van der Waals surface area contributed by atoms with Crippen molar-refractivity contribution >= 4 is 11.3 Å². The highest BCUT2D eigenvalue weighted by molar-refractivity contribution is 7.18. The maximum Gasteiger partial charge on any atom is 0.123 e. The summed E-state index contributed by atoms with van der Waals surface area (Å²) in [6, 6.07) is 15.2. The van der Waals surface area contributed by atoms with E-state index in [1.54, 1.807) is 11.1 Å². The van der Waals surface area contributed by atoms with Crippen molar-refractivity contribution < 1.29 is 4.74 Å². The van der Waals surface area contributed by atoms with Crippen LogP contribution < -0.4 is 0 Å². The van der Waals surface area contributed by atoms with Gasteiger partial charge in [-0.15, -0.1) is 11.3 Å². The van der Waals surface area contributed by atoms with Gasteiger partial charge < -0.3 is 14.7 Å². The molecule has 4 fully saturated rings. The second kappa shape index (κ2) is 11.0. The first-order valence-electron chi connectivity index (χ1n) is 18.7. The number of nitrogens with zero attached hydrogens (tertiary/aromatic N) is 4. The second-order valence-electron chi connectivity index (χ2n) is 15.7. The number of aromatic amines is 2. The SMILES string of the molecule is CN1CCCC1c1ncc(-c2ccc(-c3ccc(-c4ccc(-c5cnc([C@@H]6CCCN6C)[nH]5)s4)c4c3C3CCC4C3)c3c2C2CCC3O2)[nH]1. The van der Waals surface area contributed by atoms with E-state index in [0.29, 0.717) is 23.9 Å². The fourth-order valence-electron chi connectivity index (χ4n) is 10.7. The van der Waals surface area contributed by atoms with Crippen LogP contribution >= 0.6 is 11.3 Å². The number of ether oxygens (including phenoxy) is 1. The molecule has 2 aliphatic carbocycles. The summed E-state index contributed by atoms with van der Waals surface area (Å²) in [6.07, 6.45) is 15.5. The molecular weight excluding hydrogens is 625 g/mol. The number of hydrogen-bond donors (Lipinski definition) is 2. The van der Waals surface area contributed by atoms with E-state index in [4.69, 9.17) is 14.7 Å². The molecule has 0 radical (unpaired) electrons. The third-order valence-corrected chi connectivity index (χ3v) is 14.2. The van der Waals surface area contributed by atoms with Crippen LogP contribution in [0, 0.1) is 0 Å². The lowest BCUT2D eigenvalue weighted by atomic mass is 9.78. The number of benzene rings is 2. The highest BCUT2D eigenvalue weighted by atomic mass is 32.1. The van der Waals surface area contributed by atoms with Gasteiger partial charge in [-0.3, -0.25) is 9.80 Å². The standard InChI is InChI=1S/C41H44N6OS/c1-46-17-3-5-30(46)40-42-20-28(44-40)26-11-9-25(38-32-13-14-33(48-32)39(26)38)24-10-12-27(37-23-8-7-22(19-23)36(24)37)34-15-16-35(49-34)29-21-43-41(45-29)31-6-4-18-47(31)2/h9-12,15-16,20-23,30-33H,3-8,13-14,17-19H2,1-2H3,(H,42,44)(H,43,45)/t22?,23?,30?,31-,32?,33?/m0/s1. The van der Waals surface area contributed by atoms with Crippen molar-refractivity contribution in [2.24, 2.45) is 0 Å². The van der Waals surface area contributed by atoms with Crippen LogP contribution in [-0.4, -0.2) is 56.9 Å². The summed E-state index contributed by atoms with van der Waals surface area (Å²) in [5.74, 6) is 3.53.